The summed E-state index contributed by atoms with van der Waals surface area (Å²) in [5.41, 5.74) is 2.13. The fourth-order valence-corrected chi connectivity index (χ4v) is 4.26. The van der Waals surface area contributed by atoms with Crippen LogP contribution >= 0.6 is 11.8 Å². The summed E-state index contributed by atoms with van der Waals surface area (Å²) in [5.74, 6) is 0.0906. The first kappa shape index (κ1) is 16.1. The van der Waals surface area contributed by atoms with Crippen molar-refractivity contribution < 1.29 is 9.90 Å². The Hall–Kier alpha value is -1.75. The lowest BCUT2D eigenvalue weighted by Crippen LogP contribution is -2.19. The van der Waals surface area contributed by atoms with Crippen molar-refractivity contribution in [2.45, 2.75) is 42.5 Å². The van der Waals surface area contributed by atoms with Crippen molar-refractivity contribution in [2.75, 3.05) is 0 Å². The Labute approximate surface area is 140 Å². The van der Waals surface area contributed by atoms with Crippen LogP contribution in [0.3, 0.4) is 0 Å². The number of nitrogens with zero attached hydrogens (tertiary/aromatic N) is 2. The van der Waals surface area contributed by atoms with Gasteiger partial charge in [0.25, 0.3) is 0 Å². The van der Waals surface area contributed by atoms with Crippen molar-refractivity contribution in [1.82, 2.24) is 9.55 Å². The van der Waals surface area contributed by atoms with Crippen molar-refractivity contribution in [3.8, 4) is 0 Å². The summed E-state index contributed by atoms with van der Waals surface area (Å²) in [6.45, 7) is 0. The van der Waals surface area contributed by atoms with E-state index >= 15 is 0 Å². The molecule has 2 aromatic rings. The number of carbonyl (C=O) groups is 1. The highest BCUT2D eigenvalue weighted by Crippen LogP contribution is 2.37. The molecular formula is C18H22N2O2S. The predicted octanol–water partition coefficient (Wildman–Crippen LogP) is 4.07. The standard InChI is InChI=1S/C18H22N2O2S/c1-20-11-10-19-18(20)23-12-13-6-8-15(9-7-13)16(17(21)22)14-4-2-3-5-14/h6-11,14,16H,2-5,12H2,1H3,(H,21,22). The number of imidazole rings is 1. The van der Waals surface area contributed by atoms with Crippen LogP contribution in [0, 0.1) is 5.92 Å². The van der Waals surface area contributed by atoms with Crippen LogP contribution in [-0.4, -0.2) is 20.6 Å². The number of carboxylic acid groups (broad SMARTS) is 1. The van der Waals surface area contributed by atoms with E-state index in [-0.39, 0.29) is 5.92 Å². The molecule has 3 rings (SSSR count). The van der Waals surface area contributed by atoms with Gasteiger partial charge in [0.2, 0.25) is 0 Å². The molecule has 0 spiro atoms. The van der Waals surface area contributed by atoms with Gasteiger partial charge in [0.15, 0.2) is 5.16 Å². The molecule has 1 heterocycles. The number of hydrogen-bond donors (Lipinski definition) is 1. The number of thioether (sulfide) groups is 1. The van der Waals surface area contributed by atoms with Crippen LogP contribution in [0.5, 0.6) is 0 Å². The summed E-state index contributed by atoms with van der Waals surface area (Å²) in [6.07, 6.45) is 8.12. The number of benzene rings is 1. The van der Waals surface area contributed by atoms with Crippen LogP contribution in [0.15, 0.2) is 41.8 Å². The second kappa shape index (κ2) is 7.21. The molecule has 4 nitrogen and oxygen atoms in total. The van der Waals surface area contributed by atoms with Crippen LogP contribution in [0.2, 0.25) is 0 Å². The third-order valence-electron chi connectivity index (χ3n) is 4.62. The van der Waals surface area contributed by atoms with Crippen LogP contribution in [0.25, 0.3) is 0 Å². The molecule has 1 aliphatic carbocycles. The van der Waals surface area contributed by atoms with E-state index in [2.05, 4.69) is 17.1 Å². The molecule has 1 atom stereocenters. The van der Waals surface area contributed by atoms with Gasteiger partial charge in [-0.1, -0.05) is 48.9 Å². The highest BCUT2D eigenvalue weighted by molar-refractivity contribution is 7.98. The van der Waals surface area contributed by atoms with Gasteiger partial charge >= 0.3 is 5.97 Å². The predicted molar refractivity (Wildman–Crippen MR) is 91.5 cm³/mol. The first-order valence-electron chi connectivity index (χ1n) is 8.07. The zero-order chi connectivity index (χ0) is 16.2. The van der Waals surface area contributed by atoms with E-state index in [1.54, 1.807) is 18.0 Å². The topological polar surface area (TPSA) is 55.1 Å². The maximum Gasteiger partial charge on any atom is 0.311 e. The number of carboxylic acids is 1. The molecule has 1 unspecified atom stereocenters. The Morgan fingerprint density at radius 1 is 1.35 bits per heavy atom. The van der Waals surface area contributed by atoms with E-state index in [4.69, 9.17) is 0 Å². The minimum atomic E-state index is -0.688. The molecule has 1 aromatic heterocycles. The SMILES string of the molecule is Cn1ccnc1SCc1ccc(C(C(=O)O)C2CCCC2)cc1. The molecule has 1 N–H and O–H groups in total. The number of aryl methyl sites for hydroxylation is 1. The molecule has 0 amide bonds. The summed E-state index contributed by atoms with van der Waals surface area (Å²) in [6, 6.07) is 8.09. The Bertz CT molecular complexity index is 660. The van der Waals surface area contributed by atoms with E-state index in [9.17, 15) is 9.90 Å². The second-order valence-electron chi connectivity index (χ2n) is 6.21. The van der Waals surface area contributed by atoms with Gasteiger partial charge < -0.3 is 9.67 Å². The minimum Gasteiger partial charge on any atom is -0.481 e. The molecule has 0 saturated heterocycles. The molecule has 0 aliphatic heterocycles. The molecule has 0 bridgehead atoms. The van der Waals surface area contributed by atoms with E-state index in [0.29, 0.717) is 5.92 Å². The number of aromatic nitrogens is 2. The summed E-state index contributed by atoms with van der Waals surface area (Å²) in [7, 11) is 1.98. The molecule has 23 heavy (non-hydrogen) atoms. The molecule has 1 aromatic carbocycles. The number of hydrogen-bond acceptors (Lipinski definition) is 3. The van der Waals surface area contributed by atoms with Crippen molar-refractivity contribution in [2.24, 2.45) is 13.0 Å². The first-order valence-corrected chi connectivity index (χ1v) is 9.05. The van der Waals surface area contributed by atoms with E-state index in [1.165, 1.54) is 5.56 Å². The first-order chi connectivity index (χ1) is 11.1. The van der Waals surface area contributed by atoms with E-state index in [0.717, 1.165) is 42.2 Å². The average Bonchev–Trinajstić information content (AvgIpc) is 3.18. The lowest BCUT2D eigenvalue weighted by molar-refractivity contribution is -0.140. The zero-order valence-electron chi connectivity index (χ0n) is 13.3. The monoisotopic (exact) mass is 330 g/mol. The lowest BCUT2D eigenvalue weighted by atomic mass is 9.85. The van der Waals surface area contributed by atoms with E-state index < -0.39 is 5.97 Å². The van der Waals surface area contributed by atoms with Gasteiger partial charge in [-0.05, 0) is 29.9 Å². The van der Waals surface area contributed by atoms with Gasteiger partial charge in [0.05, 0.1) is 5.92 Å². The Morgan fingerprint density at radius 3 is 2.61 bits per heavy atom. The van der Waals surface area contributed by atoms with Gasteiger partial charge in [-0.25, -0.2) is 4.98 Å². The molecule has 1 fully saturated rings. The van der Waals surface area contributed by atoms with Crippen LogP contribution in [0.4, 0.5) is 0 Å². The molecule has 1 saturated carbocycles. The summed E-state index contributed by atoms with van der Waals surface area (Å²) in [5, 5.41) is 10.6. The van der Waals surface area contributed by atoms with Crippen molar-refractivity contribution >= 4 is 17.7 Å². The zero-order valence-corrected chi connectivity index (χ0v) is 14.1. The highest BCUT2D eigenvalue weighted by Gasteiger charge is 2.31. The number of rotatable bonds is 6. The Kier molecular flexibility index (Phi) is 5.06. The quantitative estimate of drug-likeness (QED) is 0.811. The van der Waals surface area contributed by atoms with Crippen LogP contribution < -0.4 is 0 Å². The fraction of sp³-hybridized carbons (Fsp3) is 0.444. The van der Waals surface area contributed by atoms with E-state index in [1.807, 2.05) is 29.9 Å². The molecular weight excluding hydrogens is 308 g/mol. The largest absolute Gasteiger partial charge is 0.481 e. The smallest absolute Gasteiger partial charge is 0.311 e. The van der Waals surface area contributed by atoms with Crippen molar-refractivity contribution in [3.05, 3.63) is 47.8 Å². The van der Waals surface area contributed by atoms with Crippen LogP contribution in [-0.2, 0) is 17.6 Å². The molecule has 0 radical (unpaired) electrons. The maximum atomic E-state index is 11.7. The minimum absolute atomic E-state index is 0.292. The molecule has 122 valence electrons. The Morgan fingerprint density at radius 2 is 2.04 bits per heavy atom. The summed E-state index contributed by atoms with van der Waals surface area (Å²) >= 11 is 1.69. The Balaban J connectivity index is 1.68. The van der Waals surface area contributed by atoms with Crippen molar-refractivity contribution in [1.29, 1.82) is 0 Å². The summed E-state index contributed by atoms with van der Waals surface area (Å²) in [4.78, 5) is 16.0. The van der Waals surface area contributed by atoms with Gasteiger partial charge in [-0.3, -0.25) is 4.79 Å². The third kappa shape index (κ3) is 3.78. The number of aliphatic carboxylic acids is 1. The highest BCUT2D eigenvalue weighted by atomic mass is 32.2. The van der Waals surface area contributed by atoms with Gasteiger partial charge in [-0.2, -0.15) is 0 Å². The van der Waals surface area contributed by atoms with Gasteiger partial charge in [-0.15, -0.1) is 0 Å². The van der Waals surface area contributed by atoms with Gasteiger partial charge in [0.1, 0.15) is 0 Å². The average molecular weight is 330 g/mol. The molecule has 5 heteroatoms. The summed E-state index contributed by atoms with van der Waals surface area (Å²) < 4.78 is 2.00. The van der Waals surface area contributed by atoms with Crippen LogP contribution in [0.1, 0.15) is 42.7 Å². The third-order valence-corrected chi connectivity index (χ3v) is 5.75. The second-order valence-corrected chi connectivity index (χ2v) is 7.15. The maximum absolute atomic E-state index is 11.7. The van der Waals surface area contributed by atoms with Gasteiger partial charge in [0, 0.05) is 25.2 Å². The van der Waals surface area contributed by atoms with Crippen molar-refractivity contribution in [3.63, 3.8) is 0 Å². The normalized spacial score (nSPS) is 16.6. The lowest BCUT2D eigenvalue weighted by Gasteiger charge is -2.19. The fourth-order valence-electron chi connectivity index (χ4n) is 3.37. The molecule has 1 aliphatic rings.